The van der Waals surface area contributed by atoms with Crippen molar-refractivity contribution in [1.82, 2.24) is 9.99 Å². The molecular formula is C12H11N3O2. The molecule has 17 heavy (non-hydrogen) atoms. The first-order valence-electron chi connectivity index (χ1n) is 5.30. The zero-order valence-electron chi connectivity index (χ0n) is 9.30. The number of benzene rings is 1. The van der Waals surface area contributed by atoms with E-state index >= 15 is 0 Å². The number of ether oxygens (including phenoxy) is 1. The van der Waals surface area contributed by atoms with Gasteiger partial charge in [0.15, 0.2) is 6.61 Å². The fourth-order valence-electron chi connectivity index (χ4n) is 1.94. The van der Waals surface area contributed by atoms with Crippen molar-refractivity contribution in [2.75, 3.05) is 6.61 Å². The molecule has 0 aliphatic carbocycles. The van der Waals surface area contributed by atoms with E-state index in [4.69, 9.17) is 4.74 Å². The Morgan fingerprint density at radius 1 is 1.41 bits per heavy atom. The van der Waals surface area contributed by atoms with Gasteiger partial charge in [0, 0.05) is 18.0 Å². The number of hydrogen-bond acceptors (Lipinski definition) is 3. The maximum atomic E-state index is 10.9. The van der Waals surface area contributed by atoms with Crippen molar-refractivity contribution >= 4 is 22.7 Å². The van der Waals surface area contributed by atoms with Crippen LogP contribution in [0.15, 0.2) is 35.4 Å². The van der Waals surface area contributed by atoms with Crippen LogP contribution in [0.25, 0.3) is 10.9 Å². The van der Waals surface area contributed by atoms with Crippen molar-refractivity contribution in [3.8, 4) is 0 Å². The average Bonchev–Trinajstić information content (AvgIpc) is 2.69. The van der Waals surface area contributed by atoms with Crippen LogP contribution in [0.1, 0.15) is 5.69 Å². The number of rotatable bonds is 1. The number of aromatic nitrogens is 1. The SMILES string of the molecule is Cn1c(C2=NNC(=O)CO2)cc2ccccc21. The van der Waals surface area contributed by atoms with Gasteiger partial charge in [-0.3, -0.25) is 4.79 Å². The van der Waals surface area contributed by atoms with Gasteiger partial charge in [-0.2, -0.15) is 0 Å². The molecule has 5 heteroatoms. The lowest BCUT2D eigenvalue weighted by Crippen LogP contribution is -2.32. The monoisotopic (exact) mass is 229 g/mol. The van der Waals surface area contributed by atoms with Gasteiger partial charge in [0.1, 0.15) is 5.69 Å². The second kappa shape index (κ2) is 3.62. The third kappa shape index (κ3) is 1.56. The Bertz CT molecular complexity index is 628. The number of carbonyl (C=O) groups is 1. The molecule has 0 unspecified atom stereocenters. The van der Waals surface area contributed by atoms with Crippen molar-refractivity contribution in [3.63, 3.8) is 0 Å². The van der Waals surface area contributed by atoms with Crippen molar-refractivity contribution in [3.05, 3.63) is 36.0 Å². The van der Waals surface area contributed by atoms with E-state index in [0.717, 1.165) is 16.6 Å². The van der Waals surface area contributed by atoms with Crippen LogP contribution >= 0.6 is 0 Å². The minimum Gasteiger partial charge on any atom is -0.465 e. The number of fused-ring (bicyclic) bond motifs is 1. The number of nitrogens with one attached hydrogen (secondary N) is 1. The second-order valence-corrected chi connectivity index (χ2v) is 3.89. The number of aryl methyl sites for hydroxylation is 1. The van der Waals surface area contributed by atoms with E-state index in [1.165, 1.54) is 0 Å². The standard InChI is InChI=1S/C12H11N3O2/c1-15-9-5-3-2-4-8(9)6-10(15)12-14-13-11(16)7-17-12/h2-6H,7H2,1H3,(H,13,16). The van der Waals surface area contributed by atoms with Gasteiger partial charge in [0.25, 0.3) is 11.8 Å². The Labute approximate surface area is 97.7 Å². The Morgan fingerprint density at radius 2 is 2.24 bits per heavy atom. The fraction of sp³-hybridized carbons (Fsp3) is 0.167. The predicted octanol–water partition coefficient (Wildman–Crippen LogP) is 0.986. The predicted molar refractivity (Wildman–Crippen MR) is 63.6 cm³/mol. The van der Waals surface area contributed by atoms with Crippen LogP contribution in [0.2, 0.25) is 0 Å². The molecule has 1 aromatic heterocycles. The molecule has 1 aliphatic rings. The molecule has 0 radical (unpaired) electrons. The second-order valence-electron chi connectivity index (χ2n) is 3.89. The largest absolute Gasteiger partial charge is 0.465 e. The minimum absolute atomic E-state index is 0.0142. The highest BCUT2D eigenvalue weighted by Crippen LogP contribution is 2.19. The first-order valence-corrected chi connectivity index (χ1v) is 5.30. The summed E-state index contributed by atoms with van der Waals surface area (Å²) < 4.78 is 7.30. The number of nitrogens with zero attached hydrogens (tertiary/aromatic N) is 2. The van der Waals surface area contributed by atoms with E-state index < -0.39 is 0 Å². The molecule has 2 heterocycles. The lowest BCUT2D eigenvalue weighted by molar-refractivity contribution is -0.124. The molecule has 3 rings (SSSR count). The topological polar surface area (TPSA) is 55.6 Å². The van der Waals surface area contributed by atoms with Crippen LogP contribution in [0, 0.1) is 0 Å². The summed E-state index contributed by atoms with van der Waals surface area (Å²) in [7, 11) is 1.94. The maximum Gasteiger partial charge on any atom is 0.278 e. The van der Waals surface area contributed by atoms with Gasteiger partial charge >= 0.3 is 0 Å². The van der Waals surface area contributed by atoms with Gasteiger partial charge in [0.2, 0.25) is 0 Å². The molecule has 5 nitrogen and oxygen atoms in total. The highest BCUT2D eigenvalue weighted by Gasteiger charge is 2.18. The summed E-state index contributed by atoms with van der Waals surface area (Å²) in [6.45, 7) is 0.0142. The summed E-state index contributed by atoms with van der Waals surface area (Å²) in [5, 5.41) is 5.03. The molecule has 0 fully saturated rings. The first kappa shape index (κ1) is 9.89. The first-order chi connectivity index (χ1) is 8.25. The van der Waals surface area contributed by atoms with Crippen LogP contribution < -0.4 is 5.43 Å². The Morgan fingerprint density at radius 3 is 2.94 bits per heavy atom. The van der Waals surface area contributed by atoms with Crippen molar-refractivity contribution < 1.29 is 9.53 Å². The molecule has 1 amide bonds. The average molecular weight is 229 g/mol. The van der Waals surface area contributed by atoms with Crippen LogP contribution in [0.5, 0.6) is 0 Å². The summed E-state index contributed by atoms with van der Waals surface area (Å²) in [5.74, 6) is 0.218. The summed E-state index contributed by atoms with van der Waals surface area (Å²) in [6, 6.07) is 10.0. The molecule has 86 valence electrons. The molecule has 2 aromatic rings. The van der Waals surface area contributed by atoms with Gasteiger partial charge in [0.05, 0.1) is 0 Å². The zero-order chi connectivity index (χ0) is 11.8. The highest BCUT2D eigenvalue weighted by atomic mass is 16.5. The maximum absolute atomic E-state index is 10.9. The Kier molecular flexibility index (Phi) is 2.11. The summed E-state index contributed by atoms with van der Waals surface area (Å²) in [6.07, 6.45) is 0. The Balaban J connectivity index is 2.12. The molecular weight excluding hydrogens is 218 g/mol. The van der Waals surface area contributed by atoms with E-state index in [0.29, 0.717) is 5.90 Å². The summed E-state index contributed by atoms with van der Waals surface area (Å²) in [4.78, 5) is 10.9. The van der Waals surface area contributed by atoms with Crippen LogP contribution in [0.3, 0.4) is 0 Å². The summed E-state index contributed by atoms with van der Waals surface area (Å²) in [5.41, 5.74) is 4.37. The van der Waals surface area contributed by atoms with E-state index in [1.54, 1.807) is 0 Å². The number of hydrogen-bond donors (Lipinski definition) is 1. The lowest BCUT2D eigenvalue weighted by atomic mass is 10.2. The van der Waals surface area contributed by atoms with E-state index in [2.05, 4.69) is 10.5 Å². The molecule has 0 spiro atoms. The van der Waals surface area contributed by atoms with Crippen molar-refractivity contribution in [2.45, 2.75) is 0 Å². The molecule has 0 saturated heterocycles. The smallest absolute Gasteiger partial charge is 0.278 e. The third-order valence-electron chi connectivity index (χ3n) is 2.79. The Hall–Kier alpha value is -2.30. The van der Waals surface area contributed by atoms with Crippen LogP contribution in [0.4, 0.5) is 0 Å². The molecule has 0 atom stereocenters. The minimum atomic E-state index is -0.229. The van der Waals surface area contributed by atoms with E-state index in [-0.39, 0.29) is 12.5 Å². The quantitative estimate of drug-likeness (QED) is 0.792. The van der Waals surface area contributed by atoms with Crippen molar-refractivity contribution in [1.29, 1.82) is 0 Å². The van der Waals surface area contributed by atoms with Gasteiger partial charge in [-0.1, -0.05) is 18.2 Å². The molecule has 1 aromatic carbocycles. The molecule has 1 aliphatic heterocycles. The van der Waals surface area contributed by atoms with Crippen LogP contribution in [-0.2, 0) is 16.6 Å². The highest BCUT2D eigenvalue weighted by molar-refractivity contribution is 6.01. The van der Waals surface area contributed by atoms with E-state index in [9.17, 15) is 4.79 Å². The van der Waals surface area contributed by atoms with Crippen molar-refractivity contribution in [2.24, 2.45) is 12.1 Å². The lowest BCUT2D eigenvalue weighted by Gasteiger charge is -2.13. The van der Waals surface area contributed by atoms with E-state index in [1.807, 2.05) is 41.9 Å². The fourth-order valence-corrected chi connectivity index (χ4v) is 1.94. The normalized spacial score (nSPS) is 15.4. The van der Waals surface area contributed by atoms with Gasteiger partial charge in [-0.05, 0) is 12.1 Å². The van der Waals surface area contributed by atoms with Gasteiger partial charge in [-0.15, -0.1) is 5.10 Å². The molecule has 0 bridgehead atoms. The van der Waals surface area contributed by atoms with Gasteiger partial charge in [-0.25, -0.2) is 5.43 Å². The molecule has 1 N–H and O–H groups in total. The molecule has 0 saturated carbocycles. The third-order valence-corrected chi connectivity index (χ3v) is 2.79. The number of para-hydroxylation sites is 1. The van der Waals surface area contributed by atoms with Gasteiger partial charge < -0.3 is 9.30 Å². The number of carbonyl (C=O) groups excluding carboxylic acids is 1. The summed E-state index contributed by atoms with van der Waals surface area (Å²) >= 11 is 0. The van der Waals surface area contributed by atoms with Crippen LogP contribution in [-0.4, -0.2) is 23.0 Å². The zero-order valence-corrected chi connectivity index (χ0v) is 9.30. The number of amides is 1. The number of hydrazone groups is 1.